The number of carbonyl (C=O) groups is 2. The van der Waals surface area contributed by atoms with Gasteiger partial charge >= 0.3 is 0 Å². The summed E-state index contributed by atoms with van der Waals surface area (Å²) in [5.74, 6) is 0.363. The summed E-state index contributed by atoms with van der Waals surface area (Å²) in [4.78, 5) is 57.4. The molecule has 6 rings (SSSR count). The smallest absolute Gasteiger partial charge is 0.299 e. The average molecular weight is 676 g/mol. The van der Waals surface area contributed by atoms with Crippen molar-refractivity contribution >= 4 is 23.3 Å². The van der Waals surface area contributed by atoms with Crippen molar-refractivity contribution in [2.24, 2.45) is 0 Å². The first-order valence-corrected chi connectivity index (χ1v) is 16.1. The van der Waals surface area contributed by atoms with E-state index < -0.39 is 18.1 Å². The Labute approximate surface area is 281 Å². The van der Waals surface area contributed by atoms with E-state index in [0.717, 1.165) is 0 Å². The molecule has 0 atom stereocenters. The lowest BCUT2D eigenvalue weighted by atomic mass is 10.1. The van der Waals surface area contributed by atoms with Crippen molar-refractivity contribution < 1.29 is 28.6 Å². The molecule has 2 aliphatic rings. The third kappa shape index (κ3) is 6.62. The Morgan fingerprint density at radius 1 is 1.18 bits per heavy atom. The highest BCUT2D eigenvalue weighted by atomic mass is 19.1. The first-order valence-electron chi connectivity index (χ1n) is 16.1. The van der Waals surface area contributed by atoms with Gasteiger partial charge in [-0.3, -0.25) is 18.8 Å². The van der Waals surface area contributed by atoms with Gasteiger partial charge in [0.25, 0.3) is 11.5 Å². The number of alkyl halides is 1. The Morgan fingerprint density at radius 3 is 2.71 bits per heavy atom. The van der Waals surface area contributed by atoms with Crippen molar-refractivity contribution in [3.05, 3.63) is 64.0 Å². The maximum absolute atomic E-state index is 14.2. The van der Waals surface area contributed by atoms with E-state index in [9.17, 15) is 23.9 Å². The van der Waals surface area contributed by atoms with Crippen LogP contribution >= 0.6 is 0 Å². The van der Waals surface area contributed by atoms with Crippen molar-refractivity contribution in [3.63, 3.8) is 0 Å². The Kier molecular flexibility index (Phi) is 9.73. The molecule has 1 fully saturated rings. The molecular formula is C33H38FN9O6. The lowest BCUT2D eigenvalue weighted by Crippen LogP contribution is -2.51. The number of nitrogens with zero attached hydrogens (tertiary/aromatic N) is 8. The fourth-order valence-corrected chi connectivity index (χ4v) is 6.14. The van der Waals surface area contributed by atoms with Gasteiger partial charge in [-0.15, -0.1) is 5.10 Å². The fraction of sp³-hybridized carbons (Fsp3) is 0.424. The van der Waals surface area contributed by atoms with Crippen molar-refractivity contribution in [1.82, 2.24) is 39.3 Å². The lowest BCUT2D eigenvalue weighted by Gasteiger charge is -2.36. The van der Waals surface area contributed by atoms with Crippen LogP contribution in [0.2, 0.25) is 0 Å². The molecule has 16 heteroatoms. The van der Waals surface area contributed by atoms with Gasteiger partial charge in [0, 0.05) is 62.5 Å². The number of aromatic nitrogens is 6. The lowest BCUT2D eigenvalue weighted by molar-refractivity contribution is -0.121. The quantitative estimate of drug-likeness (QED) is 0.211. The van der Waals surface area contributed by atoms with Crippen LogP contribution in [-0.4, -0.2) is 104 Å². The van der Waals surface area contributed by atoms with Crippen LogP contribution in [0.15, 0.2) is 41.5 Å². The average Bonchev–Trinajstić information content (AvgIpc) is 3.79. The molecule has 0 unspecified atom stereocenters. The minimum atomic E-state index is -0.505. The standard InChI is InChI=1S/C33H38FN9O6/c1-4-23-28(40-12-14-41(15-13-40)31(46)27-29(45)22-8-16-49-24(22)18-37-27)32(47)43-33(38-30(39-43)21-7-11-36-26(17-21)48-3)42(23)19-25(44)35-10-6-20(2)5-9-34/h7,11,17-18,45H,2,4-6,8-10,12-16,19H2,1,3H3,(H,35,44). The van der Waals surface area contributed by atoms with Crippen LogP contribution in [0.1, 0.15) is 41.5 Å². The van der Waals surface area contributed by atoms with E-state index in [1.807, 2.05) is 11.8 Å². The number of ether oxygens (including phenoxy) is 2. The van der Waals surface area contributed by atoms with E-state index in [0.29, 0.717) is 78.7 Å². The monoisotopic (exact) mass is 675 g/mol. The van der Waals surface area contributed by atoms with Crippen LogP contribution in [0.25, 0.3) is 17.2 Å². The summed E-state index contributed by atoms with van der Waals surface area (Å²) in [6.45, 7) is 6.92. The Balaban J connectivity index is 1.32. The van der Waals surface area contributed by atoms with Crippen molar-refractivity contribution in [3.8, 4) is 28.8 Å². The van der Waals surface area contributed by atoms with Gasteiger partial charge < -0.3 is 34.3 Å². The molecule has 0 spiro atoms. The number of nitrogens with one attached hydrogen (secondary N) is 1. The molecule has 0 bridgehead atoms. The number of pyridine rings is 2. The number of aromatic hydroxyl groups is 1. The topological polar surface area (TPSA) is 169 Å². The van der Waals surface area contributed by atoms with E-state index in [-0.39, 0.29) is 61.6 Å². The molecule has 6 heterocycles. The van der Waals surface area contributed by atoms with Crippen molar-refractivity contribution in [2.75, 3.05) is 58.0 Å². The zero-order valence-corrected chi connectivity index (χ0v) is 27.4. The number of anilines is 1. The van der Waals surface area contributed by atoms with E-state index in [2.05, 4.69) is 31.9 Å². The van der Waals surface area contributed by atoms with Gasteiger partial charge in [-0.05, 0) is 25.3 Å². The number of carbonyl (C=O) groups excluding carboxylic acids is 2. The van der Waals surface area contributed by atoms with Gasteiger partial charge in [0.2, 0.25) is 17.6 Å². The molecule has 0 aliphatic carbocycles. The zero-order chi connectivity index (χ0) is 34.7. The molecule has 0 aromatic carbocycles. The molecule has 1 saturated heterocycles. The maximum Gasteiger partial charge on any atom is 0.299 e. The second-order valence-electron chi connectivity index (χ2n) is 11.7. The number of amides is 2. The SMILES string of the molecule is C=C(CCF)CCNC(=O)Cn1c(CC)c(N2CCN(C(=O)c3ncc4c(c3O)CCO4)CC2)c(=O)n2nc(-c3ccnc(OC)c3)nc12. The molecule has 49 heavy (non-hydrogen) atoms. The van der Waals surface area contributed by atoms with Gasteiger partial charge in [0.15, 0.2) is 17.3 Å². The van der Waals surface area contributed by atoms with E-state index in [1.54, 1.807) is 27.8 Å². The molecule has 2 aliphatic heterocycles. The normalized spacial score (nSPS) is 14.1. The third-order valence-corrected chi connectivity index (χ3v) is 8.73. The zero-order valence-electron chi connectivity index (χ0n) is 27.4. The molecule has 258 valence electrons. The highest BCUT2D eigenvalue weighted by Gasteiger charge is 2.31. The van der Waals surface area contributed by atoms with Crippen LogP contribution in [0.3, 0.4) is 0 Å². The summed E-state index contributed by atoms with van der Waals surface area (Å²) in [5, 5.41) is 18.2. The van der Waals surface area contributed by atoms with Gasteiger partial charge in [0.1, 0.15) is 18.0 Å². The molecule has 2 N–H and O–H groups in total. The fourth-order valence-electron chi connectivity index (χ4n) is 6.14. The van der Waals surface area contributed by atoms with E-state index >= 15 is 0 Å². The van der Waals surface area contributed by atoms with Gasteiger partial charge in [-0.25, -0.2) is 9.97 Å². The predicted octanol–water partition coefficient (Wildman–Crippen LogP) is 1.94. The molecule has 2 amide bonds. The summed E-state index contributed by atoms with van der Waals surface area (Å²) in [7, 11) is 1.49. The molecule has 4 aromatic heterocycles. The number of hydrogen-bond acceptors (Lipinski definition) is 11. The molecular weight excluding hydrogens is 637 g/mol. The van der Waals surface area contributed by atoms with Crippen molar-refractivity contribution in [2.45, 2.75) is 39.2 Å². The number of fused-ring (bicyclic) bond motifs is 2. The van der Waals surface area contributed by atoms with Crippen molar-refractivity contribution in [1.29, 1.82) is 0 Å². The van der Waals surface area contributed by atoms with Crippen LogP contribution in [0.4, 0.5) is 10.1 Å². The largest absolute Gasteiger partial charge is 0.505 e. The van der Waals surface area contributed by atoms with Crippen LogP contribution in [-0.2, 0) is 24.2 Å². The summed E-state index contributed by atoms with van der Waals surface area (Å²) in [6, 6.07) is 3.35. The number of piperazine rings is 1. The Hall–Kier alpha value is -5.54. The molecule has 4 aromatic rings. The first kappa shape index (κ1) is 33.4. The second kappa shape index (κ2) is 14.3. The van der Waals surface area contributed by atoms with Gasteiger partial charge in [0.05, 0.1) is 32.3 Å². The number of halogens is 1. The first-order chi connectivity index (χ1) is 23.7. The van der Waals surface area contributed by atoms with E-state index in [1.165, 1.54) is 17.8 Å². The summed E-state index contributed by atoms with van der Waals surface area (Å²) in [6.07, 6.45) is 4.57. The third-order valence-electron chi connectivity index (χ3n) is 8.73. The highest BCUT2D eigenvalue weighted by molar-refractivity contribution is 5.95. The number of hydrogen-bond donors (Lipinski definition) is 2. The molecule has 0 saturated carbocycles. The minimum absolute atomic E-state index is 0.0297. The van der Waals surface area contributed by atoms with E-state index in [4.69, 9.17) is 9.47 Å². The summed E-state index contributed by atoms with van der Waals surface area (Å²) >= 11 is 0. The summed E-state index contributed by atoms with van der Waals surface area (Å²) < 4.78 is 26.3. The van der Waals surface area contributed by atoms with Crippen LogP contribution < -0.4 is 25.2 Å². The summed E-state index contributed by atoms with van der Waals surface area (Å²) in [5.41, 5.74) is 2.34. The molecule has 15 nitrogen and oxygen atoms in total. The Bertz CT molecular complexity index is 1970. The number of methoxy groups -OCH3 is 1. The van der Waals surface area contributed by atoms with Gasteiger partial charge in [-0.1, -0.05) is 19.1 Å². The predicted molar refractivity (Wildman–Crippen MR) is 177 cm³/mol. The Morgan fingerprint density at radius 2 is 1.98 bits per heavy atom. The number of rotatable bonds is 12. The maximum atomic E-state index is 14.2. The van der Waals surface area contributed by atoms with Gasteiger partial charge in [-0.2, -0.15) is 9.50 Å². The minimum Gasteiger partial charge on any atom is -0.505 e. The van der Waals surface area contributed by atoms with Crippen LogP contribution in [0, 0.1) is 0 Å². The highest BCUT2D eigenvalue weighted by Crippen LogP contribution is 2.34. The molecule has 0 radical (unpaired) electrons. The van der Waals surface area contributed by atoms with Crippen LogP contribution in [0.5, 0.6) is 17.4 Å². The second-order valence-corrected chi connectivity index (χ2v) is 11.7.